The number of likely N-dealkylation sites (tertiary alicyclic amines) is 1. The Morgan fingerprint density at radius 3 is 2.47 bits per heavy atom. The molecule has 0 atom stereocenters. The summed E-state index contributed by atoms with van der Waals surface area (Å²) in [4.78, 5) is 9.87. The highest BCUT2D eigenvalue weighted by Gasteiger charge is 2.38. The van der Waals surface area contributed by atoms with E-state index in [1.165, 1.54) is 12.1 Å². The van der Waals surface area contributed by atoms with Crippen molar-refractivity contribution in [3.05, 3.63) is 76.6 Å². The van der Waals surface area contributed by atoms with E-state index in [0.29, 0.717) is 32.5 Å². The number of rotatable bonds is 4. The third-order valence-electron chi connectivity index (χ3n) is 5.56. The van der Waals surface area contributed by atoms with Crippen LogP contribution in [0.4, 0.5) is 13.2 Å². The van der Waals surface area contributed by atoms with Crippen molar-refractivity contribution in [2.24, 2.45) is 0 Å². The van der Waals surface area contributed by atoms with Crippen LogP contribution in [-0.4, -0.2) is 33.1 Å². The van der Waals surface area contributed by atoms with Crippen molar-refractivity contribution >= 4 is 11.6 Å². The smallest absolute Gasteiger partial charge is 0.385 e. The van der Waals surface area contributed by atoms with E-state index >= 15 is 0 Å². The molecule has 2 N–H and O–H groups in total. The van der Waals surface area contributed by atoms with Crippen LogP contribution in [0.15, 0.2) is 54.7 Å². The number of nitrogens with zero attached hydrogens (tertiary/aromatic N) is 2. The zero-order valence-corrected chi connectivity index (χ0v) is 16.8. The summed E-state index contributed by atoms with van der Waals surface area (Å²) in [5.74, 6) is 0.792. The first-order valence-corrected chi connectivity index (χ1v) is 10.0. The first-order chi connectivity index (χ1) is 14.2. The Hall–Kier alpha value is -2.35. The summed E-state index contributed by atoms with van der Waals surface area (Å²) in [5, 5.41) is 10.6. The van der Waals surface area contributed by atoms with E-state index in [1.807, 2.05) is 30.3 Å². The van der Waals surface area contributed by atoms with E-state index in [2.05, 4.69) is 14.9 Å². The molecule has 0 aliphatic carbocycles. The van der Waals surface area contributed by atoms with Gasteiger partial charge < -0.3 is 10.1 Å². The molecule has 4 nitrogen and oxygen atoms in total. The molecule has 3 aromatic rings. The Labute approximate surface area is 177 Å². The fraction of sp³-hybridized carbons (Fsp3) is 0.318. The molecule has 1 fully saturated rings. The lowest BCUT2D eigenvalue weighted by Gasteiger charge is -2.38. The van der Waals surface area contributed by atoms with E-state index in [9.17, 15) is 18.3 Å². The molecule has 158 valence electrons. The molecule has 0 amide bonds. The SMILES string of the molecule is OC1(c2ccc(Cl)c(C(F)(F)F)c2)CCN(Cc2cnc(-c3ccccc3)[nH]2)CC1. The first-order valence-electron chi connectivity index (χ1n) is 9.66. The van der Waals surface area contributed by atoms with Crippen LogP contribution in [0.3, 0.4) is 0 Å². The number of piperidine rings is 1. The normalized spacial score (nSPS) is 17.2. The van der Waals surface area contributed by atoms with Gasteiger partial charge in [-0.15, -0.1) is 0 Å². The van der Waals surface area contributed by atoms with Gasteiger partial charge in [-0.3, -0.25) is 4.90 Å². The fourth-order valence-electron chi connectivity index (χ4n) is 3.82. The van der Waals surface area contributed by atoms with Crippen molar-refractivity contribution in [3.8, 4) is 11.4 Å². The number of aliphatic hydroxyl groups is 1. The van der Waals surface area contributed by atoms with Crippen molar-refractivity contribution in [1.29, 1.82) is 0 Å². The summed E-state index contributed by atoms with van der Waals surface area (Å²) in [6.45, 7) is 1.74. The zero-order chi connectivity index (χ0) is 21.4. The minimum absolute atomic E-state index is 0.256. The van der Waals surface area contributed by atoms with Crippen LogP contribution in [0.2, 0.25) is 5.02 Å². The third kappa shape index (κ3) is 4.38. The third-order valence-corrected chi connectivity index (χ3v) is 5.89. The number of benzene rings is 2. The molecule has 0 radical (unpaired) electrons. The van der Waals surface area contributed by atoms with Gasteiger partial charge >= 0.3 is 6.18 Å². The second-order valence-corrected chi connectivity index (χ2v) is 8.03. The average molecular weight is 436 g/mol. The number of alkyl halides is 3. The number of hydrogen-bond acceptors (Lipinski definition) is 3. The summed E-state index contributed by atoms with van der Waals surface area (Å²) >= 11 is 5.71. The molecule has 0 bridgehead atoms. The molecular formula is C22H21ClF3N3O. The number of imidazole rings is 1. The summed E-state index contributed by atoms with van der Waals surface area (Å²) in [5.41, 5.74) is -0.00935. The maximum atomic E-state index is 13.2. The maximum absolute atomic E-state index is 13.2. The highest BCUT2D eigenvalue weighted by atomic mass is 35.5. The Balaban J connectivity index is 1.42. The van der Waals surface area contributed by atoms with Gasteiger partial charge in [-0.1, -0.05) is 48.0 Å². The topological polar surface area (TPSA) is 52.1 Å². The molecular weight excluding hydrogens is 415 g/mol. The van der Waals surface area contributed by atoms with Gasteiger partial charge in [0, 0.05) is 37.1 Å². The van der Waals surface area contributed by atoms with Gasteiger partial charge in [-0.2, -0.15) is 13.2 Å². The average Bonchev–Trinajstić information content (AvgIpc) is 3.18. The van der Waals surface area contributed by atoms with Crippen LogP contribution in [0.25, 0.3) is 11.4 Å². The molecule has 4 rings (SSSR count). The van der Waals surface area contributed by atoms with Gasteiger partial charge in [0.25, 0.3) is 0 Å². The van der Waals surface area contributed by atoms with Gasteiger partial charge in [-0.25, -0.2) is 4.98 Å². The minimum Gasteiger partial charge on any atom is -0.385 e. The van der Waals surface area contributed by atoms with Crippen LogP contribution in [0, 0.1) is 0 Å². The van der Waals surface area contributed by atoms with E-state index < -0.39 is 17.3 Å². The largest absolute Gasteiger partial charge is 0.417 e. The molecule has 1 aromatic heterocycles. The Morgan fingerprint density at radius 1 is 1.10 bits per heavy atom. The van der Waals surface area contributed by atoms with Crippen LogP contribution < -0.4 is 0 Å². The maximum Gasteiger partial charge on any atom is 0.417 e. The second kappa shape index (κ2) is 8.06. The Morgan fingerprint density at radius 2 is 1.80 bits per heavy atom. The number of halogens is 4. The van der Waals surface area contributed by atoms with Gasteiger partial charge in [0.1, 0.15) is 5.82 Å². The molecule has 1 aliphatic heterocycles. The molecule has 0 saturated carbocycles. The highest BCUT2D eigenvalue weighted by Crippen LogP contribution is 2.40. The van der Waals surface area contributed by atoms with Crippen molar-refractivity contribution in [1.82, 2.24) is 14.9 Å². The Bertz CT molecular complexity index is 1010. The quantitative estimate of drug-likeness (QED) is 0.589. The monoisotopic (exact) mass is 435 g/mol. The van der Waals surface area contributed by atoms with E-state index in [0.717, 1.165) is 23.1 Å². The molecule has 1 aliphatic rings. The summed E-state index contributed by atoms with van der Waals surface area (Å²) in [6, 6.07) is 13.5. The van der Waals surface area contributed by atoms with Crippen LogP contribution in [0.5, 0.6) is 0 Å². The number of aromatic amines is 1. The van der Waals surface area contributed by atoms with Gasteiger partial charge in [0.2, 0.25) is 0 Å². The lowest BCUT2D eigenvalue weighted by Crippen LogP contribution is -2.42. The second-order valence-electron chi connectivity index (χ2n) is 7.62. The molecule has 1 saturated heterocycles. The van der Waals surface area contributed by atoms with E-state index in [4.69, 9.17) is 11.6 Å². The molecule has 0 spiro atoms. The highest BCUT2D eigenvalue weighted by molar-refractivity contribution is 6.31. The van der Waals surface area contributed by atoms with Crippen LogP contribution in [0.1, 0.15) is 29.7 Å². The van der Waals surface area contributed by atoms with Crippen molar-refractivity contribution in [2.45, 2.75) is 31.2 Å². The molecule has 2 heterocycles. The van der Waals surface area contributed by atoms with Gasteiger partial charge in [0.15, 0.2) is 0 Å². The predicted molar refractivity (Wildman–Crippen MR) is 109 cm³/mol. The minimum atomic E-state index is -4.55. The molecule has 30 heavy (non-hydrogen) atoms. The number of nitrogens with one attached hydrogen (secondary N) is 1. The summed E-state index contributed by atoms with van der Waals surface area (Å²) in [6.07, 6.45) is -2.09. The number of aromatic nitrogens is 2. The van der Waals surface area contributed by atoms with E-state index in [1.54, 1.807) is 6.20 Å². The molecule has 0 unspecified atom stereocenters. The van der Waals surface area contributed by atoms with Crippen LogP contribution in [-0.2, 0) is 18.3 Å². The van der Waals surface area contributed by atoms with Gasteiger partial charge in [-0.05, 0) is 30.5 Å². The number of H-pyrrole nitrogens is 1. The standard InChI is InChI=1S/C22H21ClF3N3O/c23-19-7-6-16(12-18(19)22(24,25)26)21(30)8-10-29(11-9-21)14-17-13-27-20(28-17)15-4-2-1-3-5-15/h1-7,12-13,30H,8-11,14H2,(H,27,28). The lowest BCUT2D eigenvalue weighted by atomic mass is 9.83. The zero-order valence-electron chi connectivity index (χ0n) is 16.1. The molecule has 8 heteroatoms. The molecule has 2 aromatic carbocycles. The van der Waals surface area contributed by atoms with Crippen molar-refractivity contribution in [2.75, 3.05) is 13.1 Å². The predicted octanol–water partition coefficient (Wildman–Crippen LogP) is 5.23. The van der Waals surface area contributed by atoms with Gasteiger partial charge in [0.05, 0.1) is 16.2 Å². The van der Waals surface area contributed by atoms with Crippen molar-refractivity contribution < 1.29 is 18.3 Å². The lowest BCUT2D eigenvalue weighted by molar-refractivity contribution is -0.137. The van der Waals surface area contributed by atoms with Crippen molar-refractivity contribution in [3.63, 3.8) is 0 Å². The fourth-order valence-corrected chi connectivity index (χ4v) is 4.05. The Kier molecular flexibility index (Phi) is 5.61. The first kappa shape index (κ1) is 20.9. The van der Waals surface area contributed by atoms with E-state index in [-0.39, 0.29) is 10.6 Å². The summed E-state index contributed by atoms with van der Waals surface area (Å²) in [7, 11) is 0. The summed E-state index contributed by atoms with van der Waals surface area (Å²) < 4.78 is 39.5. The number of hydrogen-bond donors (Lipinski definition) is 2. The van der Waals surface area contributed by atoms with Crippen LogP contribution >= 0.6 is 11.6 Å².